The fraction of sp³-hybridized carbons (Fsp3) is 0.267. The summed E-state index contributed by atoms with van der Waals surface area (Å²) in [5.41, 5.74) is 7.78. The number of benzene rings is 1. The summed E-state index contributed by atoms with van der Waals surface area (Å²) in [6.07, 6.45) is 1.99. The van der Waals surface area contributed by atoms with Gasteiger partial charge in [0.15, 0.2) is 0 Å². The summed E-state index contributed by atoms with van der Waals surface area (Å²) in [4.78, 5) is 4.50. The number of nitrogens with zero attached hydrogens (tertiary/aromatic N) is 1. The van der Waals surface area contributed by atoms with Crippen LogP contribution < -0.4 is 10.5 Å². The maximum absolute atomic E-state index is 5.78. The zero-order chi connectivity index (χ0) is 13.7. The second-order valence-corrected chi connectivity index (χ2v) is 5.23. The van der Waals surface area contributed by atoms with Gasteiger partial charge in [0.05, 0.1) is 0 Å². The van der Waals surface area contributed by atoms with E-state index in [-0.39, 0.29) is 0 Å². The highest BCUT2D eigenvalue weighted by molar-refractivity contribution is 9.10. The number of pyridine rings is 1. The lowest BCUT2D eigenvalue weighted by molar-refractivity contribution is 0.459. The van der Waals surface area contributed by atoms with Crippen molar-refractivity contribution < 1.29 is 4.74 Å². The van der Waals surface area contributed by atoms with Gasteiger partial charge in [-0.3, -0.25) is 0 Å². The first-order chi connectivity index (χ1) is 9.21. The zero-order valence-electron chi connectivity index (χ0n) is 10.9. The van der Waals surface area contributed by atoms with E-state index >= 15 is 0 Å². The van der Waals surface area contributed by atoms with Gasteiger partial charge in [0, 0.05) is 22.8 Å². The number of ether oxygens (including phenoxy) is 1. The van der Waals surface area contributed by atoms with Gasteiger partial charge in [0.25, 0.3) is 0 Å². The van der Waals surface area contributed by atoms with Crippen LogP contribution in [0.5, 0.6) is 11.6 Å². The Morgan fingerprint density at radius 1 is 1.21 bits per heavy atom. The third-order valence-electron chi connectivity index (χ3n) is 2.69. The van der Waals surface area contributed by atoms with Crippen molar-refractivity contribution in [2.75, 3.05) is 0 Å². The summed E-state index contributed by atoms with van der Waals surface area (Å²) < 4.78 is 6.80. The van der Waals surface area contributed by atoms with Crippen molar-refractivity contribution in [2.45, 2.75) is 26.3 Å². The van der Waals surface area contributed by atoms with E-state index in [1.165, 1.54) is 0 Å². The second kappa shape index (κ2) is 6.68. The van der Waals surface area contributed by atoms with Crippen molar-refractivity contribution in [3.63, 3.8) is 0 Å². The van der Waals surface area contributed by atoms with Crippen molar-refractivity contribution in [2.24, 2.45) is 5.73 Å². The van der Waals surface area contributed by atoms with Crippen molar-refractivity contribution in [1.82, 2.24) is 4.98 Å². The molecule has 0 spiro atoms. The van der Waals surface area contributed by atoms with Crippen LogP contribution in [0.25, 0.3) is 0 Å². The molecule has 0 saturated heterocycles. The van der Waals surface area contributed by atoms with E-state index in [1.54, 1.807) is 0 Å². The molecule has 0 aliphatic heterocycles. The van der Waals surface area contributed by atoms with E-state index in [1.807, 2.05) is 36.4 Å². The molecule has 0 saturated carbocycles. The van der Waals surface area contributed by atoms with Crippen LogP contribution in [0.4, 0.5) is 0 Å². The highest BCUT2D eigenvalue weighted by atomic mass is 79.9. The van der Waals surface area contributed by atoms with Crippen LogP contribution in [0, 0.1) is 0 Å². The zero-order valence-corrected chi connectivity index (χ0v) is 12.5. The van der Waals surface area contributed by atoms with Gasteiger partial charge < -0.3 is 10.5 Å². The highest BCUT2D eigenvalue weighted by Gasteiger charge is 2.04. The molecule has 0 bridgehead atoms. The Bertz CT molecular complexity index is 540. The molecule has 0 atom stereocenters. The summed E-state index contributed by atoms with van der Waals surface area (Å²) in [6, 6.07) is 11.6. The largest absolute Gasteiger partial charge is 0.439 e. The van der Waals surface area contributed by atoms with Crippen molar-refractivity contribution >= 4 is 15.9 Å². The molecule has 100 valence electrons. The lowest BCUT2D eigenvalue weighted by atomic mass is 10.1. The minimum Gasteiger partial charge on any atom is -0.439 e. The van der Waals surface area contributed by atoms with Crippen LogP contribution in [0.1, 0.15) is 24.6 Å². The summed E-state index contributed by atoms with van der Waals surface area (Å²) in [5.74, 6) is 1.38. The number of rotatable bonds is 5. The summed E-state index contributed by atoms with van der Waals surface area (Å²) in [7, 11) is 0. The standard InChI is InChI=1S/C15H17BrN2O/c1-2-3-13-8-11(10-17)9-15(18-13)19-14-6-4-12(16)5-7-14/h4-9H,2-3,10,17H2,1H3. The molecule has 2 aromatic rings. The van der Waals surface area contributed by atoms with Crippen molar-refractivity contribution in [1.29, 1.82) is 0 Å². The summed E-state index contributed by atoms with van der Waals surface area (Å²) in [5, 5.41) is 0. The molecule has 2 N–H and O–H groups in total. The number of halogens is 1. The van der Waals surface area contributed by atoms with Gasteiger partial charge >= 0.3 is 0 Å². The normalized spacial score (nSPS) is 10.5. The molecule has 4 heteroatoms. The third-order valence-corrected chi connectivity index (χ3v) is 3.22. The number of hydrogen-bond acceptors (Lipinski definition) is 3. The molecule has 19 heavy (non-hydrogen) atoms. The minimum atomic E-state index is 0.496. The number of aromatic nitrogens is 1. The monoisotopic (exact) mass is 320 g/mol. The van der Waals surface area contributed by atoms with Crippen molar-refractivity contribution in [3.05, 3.63) is 52.1 Å². The number of aryl methyl sites for hydroxylation is 1. The lowest BCUT2D eigenvalue weighted by Gasteiger charge is -2.09. The Balaban J connectivity index is 2.23. The maximum atomic E-state index is 5.78. The molecule has 1 aromatic carbocycles. The van der Waals surface area contributed by atoms with Crippen LogP contribution in [0.15, 0.2) is 40.9 Å². The highest BCUT2D eigenvalue weighted by Crippen LogP contribution is 2.23. The summed E-state index contributed by atoms with van der Waals surface area (Å²) >= 11 is 3.40. The van der Waals surface area contributed by atoms with Crippen molar-refractivity contribution in [3.8, 4) is 11.6 Å². The first-order valence-corrected chi connectivity index (χ1v) is 7.14. The van der Waals surface area contributed by atoms with E-state index in [4.69, 9.17) is 10.5 Å². The number of nitrogens with two attached hydrogens (primary N) is 1. The van der Waals surface area contributed by atoms with Crippen LogP contribution in [0.3, 0.4) is 0 Å². The van der Waals surface area contributed by atoms with Gasteiger partial charge in [-0.25, -0.2) is 4.98 Å². The van der Waals surface area contributed by atoms with Gasteiger partial charge in [-0.05, 0) is 42.3 Å². The molecule has 1 aromatic heterocycles. The fourth-order valence-corrected chi connectivity index (χ4v) is 2.06. The van der Waals surface area contributed by atoms with E-state index in [2.05, 4.69) is 27.8 Å². The maximum Gasteiger partial charge on any atom is 0.219 e. The van der Waals surface area contributed by atoms with Crippen LogP contribution in [-0.2, 0) is 13.0 Å². The first kappa shape index (κ1) is 14.0. The molecular formula is C15H17BrN2O. The molecular weight excluding hydrogens is 304 g/mol. The first-order valence-electron chi connectivity index (χ1n) is 6.34. The minimum absolute atomic E-state index is 0.496. The molecule has 2 rings (SSSR count). The van der Waals surface area contributed by atoms with Gasteiger partial charge in [-0.2, -0.15) is 0 Å². The Kier molecular flexibility index (Phi) is 4.93. The SMILES string of the molecule is CCCc1cc(CN)cc(Oc2ccc(Br)cc2)n1. The molecule has 0 unspecified atom stereocenters. The second-order valence-electron chi connectivity index (χ2n) is 4.32. The quantitative estimate of drug-likeness (QED) is 0.904. The van der Waals surface area contributed by atoms with Crippen LogP contribution >= 0.6 is 15.9 Å². The molecule has 0 aliphatic rings. The molecule has 0 radical (unpaired) electrons. The Labute approximate surface area is 121 Å². The molecule has 1 heterocycles. The average Bonchev–Trinajstić information content (AvgIpc) is 2.41. The van der Waals surface area contributed by atoms with Crippen LogP contribution in [0.2, 0.25) is 0 Å². The van der Waals surface area contributed by atoms with E-state index in [0.717, 1.165) is 34.3 Å². The Morgan fingerprint density at radius 2 is 1.95 bits per heavy atom. The molecule has 0 amide bonds. The van der Waals surface area contributed by atoms with E-state index < -0.39 is 0 Å². The average molecular weight is 321 g/mol. The molecule has 3 nitrogen and oxygen atoms in total. The Morgan fingerprint density at radius 3 is 2.58 bits per heavy atom. The third kappa shape index (κ3) is 4.04. The van der Waals surface area contributed by atoms with Gasteiger partial charge in [-0.1, -0.05) is 29.3 Å². The van der Waals surface area contributed by atoms with Gasteiger partial charge in [0.1, 0.15) is 5.75 Å². The lowest BCUT2D eigenvalue weighted by Crippen LogP contribution is -2.01. The van der Waals surface area contributed by atoms with Gasteiger partial charge in [-0.15, -0.1) is 0 Å². The Hall–Kier alpha value is -1.39. The molecule has 0 fully saturated rings. The topological polar surface area (TPSA) is 48.1 Å². The number of hydrogen-bond donors (Lipinski definition) is 1. The fourth-order valence-electron chi connectivity index (χ4n) is 1.80. The van der Waals surface area contributed by atoms with Crippen LogP contribution in [-0.4, -0.2) is 4.98 Å². The summed E-state index contributed by atoms with van der Waals surface area (Å²) in [6.45, 7) is 2.63. The van der Waals surface area contributed by atoms with Gasteiger partial charge in [0.2, 0.25) is 5.88 Å². The smallest absolute Gasteiger partial charge is 0.219 e. The van der Waals surface area contributed by atoms with E-state index in [0.29, 0.717) is 12.4 Å². The predicted molar refractivity (Wildman–Crippen MR) is 80.3 cm³/mol. The van der Waals surface area contributed by atoms with E-state index in [9.17, 15) is 0 Å². The molecule has 0 aliphatic carbocycles. The predicted octanol–water partition coefficient (Wildman–Crippen LogP) is 4.05.